The Bertz CT molecular complexity index is 391. The highest BCUT2D eigenvalue weighted by Crippen LogP contribution is 2.12. The van der Waals surface area contributed by atoms with Crippen molar-refractivity contribution in [3.05, 3.63) is 35.6 Å². The molecular formula is C11H13FN2OS. The van der Waals surface area contributed by atoms with E-state index in [4.69, 9.17) is 5.73 Å². The van der Waals surface area contributed by atoms with Crippen molar-refractivity contribution in [1.29, 1.82) is 0 Å². The van der Waals surface area contributed by atoms with Crippen molar-refractivity contribution in [2.75, 3.05) is 0 Å². The lowest BCUT2D eigenvalue weighted by atomic mass is 10.1. The van der Waals surface area contributed by atoms with Crippen LogP contribution in [0.1, 0.15) is 24.9 Å². The molecule has 0 saturated carbocycles. The molecule has 0 bridgehead atoms. The standard InChI is InChI=1S/C11H13FN2OS/c1-7(14-11(15)6-10(13)16)8-2-4-9(12)5-3-8/h2-5,7H,6H2,1H3,(H2,13,16)(H,14,15). The van der Waals surface area contributed by atoms with Crippen LogP contribution in [-0.4, -0.2) is 10.9 Å². The van der Waals surface area contributed by atoms with Gasteiger partial charge < -0.3 is 11.1 Å². The van der Waals surface area contributed by atoms with Crippen molar-refractivity contribution in [2.24, 2.45) is 5.73 Å². The maximum atomic E-state index is 12.7. The van der Waals surface area contributed by atoms with Crippen LogP contribution in [0.25, 0.3) is 0 Å². The summed E-state index contributed by atoms with van der Waals surface area (Å²) in [5.41, 5.74) is 6.08. The number of benzene rings is 1. The van der Waals surface area contributed by atoms with E-state index in [1.54, 1.807) is 12.1 Å². The summed E-state index contributed by atoms with van der Waals surface area (Å²) in [5, 5.41) is 2.72. The summed E-state index contributed by atoms with van der Waals surface area (Å²) in [4.78, 5) is 11.5. The molecule has 0 fully saturated rings. The zero-order valence-electron chi connectivity index (χ0n) is 8.87. The van der Waals surface area contributed by atoms with E-state index in [-0.39, 0.29) is 29.2 Å². The van der Waals surface area contributed by atoms with Crippen molar-refractivity contribution < 1.29 is 9.18 Å². The highest BCUT2D eigenvalue weighted by molar-refractivity contribution is 7.80. The first-order chi connectivity index (χ1) is 7.49. The summed E-state index contributed by atoms with van der Waals surface area (Å²) < 4.78 is 12.7. The van der Waals surface area contributed by atoms with Gasteiger partial charge in [-0.2, -0.15) is 0 Å². The Morgan fingerprint density at radius 1 is 1.50 bits per heavy atom. The molecule has 0 spiro atoms. The normalized spacial score (nSPS) is 11.9. The maximum absolute atomic E-state index is 12.7. The molecule has 0 radical (unpaired) electrons. The number of nitrogens with one attached hydrogen (secondary N) is 1. The van der Waals surface area contributed by atoms with Gasteiger partial charge in [-0.1, -0.05) is 24.4 Å². The Balaban J connectivity index is 2.58. The van der Waals surface area contributed by atoms with Gasteiger partial charge in [-0.15, -0.1) is 0 Å². The van der Waals surface area contributed by atoms with Crippen LogP contribution in [0.2, 0.25) is 0 Å². The molecule has 3 N–H and O–H groups in total. The maximum Gasteiger partial charge on any atom is 0.227 e. The Kier molecular flexibility index (Phi) is 4.37. The monoisotopic (exact) mass is 240 g/mol. The van der Waals surface area contributed by atoms with Gasteiger partial charge in [0.05, 0.1) is 17.5 Å². The molecule has 3 nitrogen and oxygen atoms in total. The molecule has 86 valence electrons. The van der Waals surface area contributed by atoms with Crippen molar-refractivity contribution in [2.45, 2.75) is 19.4 Å². The predicted molar refractivity (Wildman–Crippen MR) is 64.4 cm³/mol. The fourth-order valence-corrected chi connectivity index (χ4v) is 1.42. The molecule has 16 heavy (non-hydrogen) atoms. The lowest BCUT2D eigenvalue weighted by molar-refractivity contribution is -0.120. The molecule has 1 aromatic rings. The number of carbonyl (C=O) groups excluding carboxylic acids is 1. The largest absolute Gasteiger partial charge is 0.393 e. The van der Waals surface area contributed by atoms with E-state index in [0.29, 0.717) is 0 Å². The molecule has 0 aliphatic carbocycles. The van der Waals surface area contributed by atoms with E-state index in [9.17, 15) is 9.18 Å². The Labute approximate surface area is 98.8 Å². The topological polar surface area (TPSA) is 55.1 Å². The van der Waals surface area contributed by atoms with Crippen LogP contribution in [0.15, 0.2) is 24.3 Å². The lowest BCUT2D eigenvalue weighted by Crippen LogP contribution is -2.29. The second kappa shape index (κ2) is 5.55. The minimum Gasteiger partial charge on any atom is -0.393 e. The molecular weight excluding hydrogens is 227 g/mol. The SMILES string of the molecule is CC(NC(=O)CC(N)=S)c1ccc(F)cc1. The molecule has 0 saturated heterocycles. The Morgan fingerprint density at radius 3 is 2.56 bits per heavy atom. The highest BCUT2D eigenvalue weighted by Gasteiger charge is 2.09. The fourth-order valence-electron chi connectivity index (χ4n) is 1.29. The number of halogens is 1. The summed E-state index contributed by atoms with van der Waals surface area (Å²) in [6.45, 7) is 1.81. The fraction of sp³-hybridized carbons (Fsp3) is 0.273. The highest BCUT2D eigenvalue weighted by atomic mass is 32.1. The number of hydrogen-bond acceptors (Lipinski definition) is 2. The third-order valence-electron chi connectivity index (χ3n) is 2.08. The van der Waals surface area contributed by atoms with Crippen LogP contribution in [0.3, 0.4) is 0 Å². The van der Waals surface area contributed by atoms with Gasteiger partial charge in [0.25, 0.3) is 0 Å². The van der Waals surface area contributed by atoms with Crippen molar-refractivity contribution in [1.82, 2.24) is 5.32 Å². The molecule has 0 aromatic heterocycles. The zero-order chi connectivity index (χ0) is 12.1. The molecule has 1 aromatic carbocycles. The van der Waals surface area contributed by atoms with Crippen LogP contribution in [-0.2, 0) is 4.79 Å². The number of carbonyl (C=O) groups is 1. The van der Waals surface area contributed by atoms with Crippen LogP contribution >= 0.6 is 12.2 Å². The molecule has 0 heterocycles. The second-order valence-electron chi connectivity index (χ2n) is 3.48. The molecule has 5 heteroatoms. The number of nitrogens with two attached hydrogens (primary N) is 1. The third kappa shape index (κ3) is 3.94. The van der Waals surface area contributed by atoms with E-state index >= 15 is 0 Å². The Morgan fingerprint density at radius 2 is 2.06 bits per heavy atom. The second-order valence-corrected chi connectivity index (χ2v) is 4.01. The van der Waals surface area contributed by atoms with Crippen molar-refractivity contribution in [3.8, 4) is 0 Å². The van der Waals surface area contributed by atoms with E-state index < -0.39 is 0 Å². The first-order valence-electron chi connectivity index (χ1n) is 4.82. The van der Waals surface area contributed by atoms with Gasteiger partial charge in [-0.05, 0) is 24.6 Å². The van der Waals surface area contributed by atoms with Crippen LogP contribution < -0.4 is 11.1 Å². The molecule has 0 aliphatic rings. The minimum atomic E-state index is -0.301. The summed E-state index contributed by atoms with van der Waals surface area (Å²) >= 11 is 4.63. The molecule has 1 atom stereocenters. The van der Waals surface area contributed by atoms with Gasteiger partial charge in [0.2, 0.25) is 5.91 Å². The number of amides is 1. The van der Waals surface area contributed by atoms with Gasteiger partial charge >= 0.3 is 0 Å². The van der Waals surface area contributed by atoms with Crippen molar-refractivity contribution >= 4 is 23.1 Å². The van der Waals surface area contributed by atoms with Gasteiger partial charge in [0.15, 0.2) is 0 Å². The van der Waals surface area contributed by atoms with Gasteiger partial charge in [0.1, 0.15) is 5.82 Å². The minimum absolute atomic E-state index is 0.0286. The number of rotatable bonds is 4. The third-order valence-corrected chi connectivity index (χ3v) is 2.23. The zero-order valence-corrected chi connectivity index (χ0v) is 9.68. The number of hydrogen-bond donors (Lipinski definition) is 2. The lowest BCUT2D eigenvalue weighted by Gasteiger charge is -2.13. The van der Waals surface area contributed by atoms with E-state index in [1.807, 2.05) is 6.92 Å². The Hall–Kier alpha value is -1.49. The molecule has 1 amide bonds. The summed E-state index contributed by atoms with van der Waals surface area (Å²) in [7, 11) is 0. The smallest absolute Gasteiger partial charge is 0.227 e. The van der Waals surface area contributed by atoms with Crippen LogP contribution in [0.5, 0.6) is 0 Å². The van der Waals surface area contributed by atoms with Crippen molar-refractivity contribution in [3.63, 3.8) is 0 Å². The van der Waals surface area contributed by atoms with Gasteiger partial charge in [0, 0.05) is 0 Å². The van der Waals surface area contributed by atoms with Crippen LogP contribution in [0.4, 0.5) is 4.39 Å². The van der Waals surface area contributed by atoms with E-state index in [0.717, 1.165) is 5.56 Å². The van der Waals surface area contributed by atoms with Crippen LogP contribution in [0, 0.1) is 5.82 Å². The molecule has 1 rings (SSSR count). The summed E-state index contributed by atoms with van der Waals surface area (Å²) in [6.07, 6.45) is 0.0286. The summed E-state index contributed by atoms with van der Waals surface area (Å²) in [5.74, 6) is -0.533. The summed E-state index contributed by atoms with van der Waals surface area (Å²) in [6, 6.07) is 5.77. The average molecular weight is 240 g/mol. The predicted octanol–water partition coefficient (Wildman–Crippen LogP) is 1.68. The van der Waals surface area contributed by atoms with Gasteiger partial charge in [-0.3, -0.25) is 4.79 Å². The number of thiocarbonyl (C=S) groups is 1. The average Bonchev–Trinajstić information content (AvgIpc) is 2.16. The van der Waals surface area contributed by atoms with E-state index in [2.05, 4.69) is 17.5 Å². The molecule has 1 unspecified atom stereocenters. The van der Waals surface area contributed by atoms with E-state index in [1.165, 1.54) is 12.1 Å². The quantitative estimate of drug-likeness (QED) is 0.787. The first-order valence-corrected chi connectivity index (χ1v) is 5.23. The van der Waals surface area contributed by atoms with Gasteiger partial charge in [-0.25, -0.2) is 4.39 Å². The molecule has 0 aliphatic heterocycles. The first kappa shape index (κ1) is 12.6.